The van der Waals surface area contributed by atoms with Gasteiger partial charge in [0.1, 0.15) is 12.1 Å². The highest BCUT2D eigenvalue weighted by molar-refractivity contribution is 9.10. The van der Waals surface area contributed by atoms with Crippen LogP contribution in [-0.4, -0.2) is 28.8 Å². The van der Waals surface area contributed by atoms with E-state index in [1.807, 2.05) is 25.3 Å². The fourth-order valence-corrected chi connectivity index (χ4v) is 3.91. The Morgan fingerprint density at radius 1 is 1.50 bits per heavy atom. The van der Waals surface area contributed by atoms with E-state index in [0.717, 1.165) is 15.8 Å². The largest absolute Gasteiger partial charge is 0.343 e. The van der Waals surface area contributed by atoms with Gasteiger partial charge < -0.3 is 10.2 Å². The molecular formula is C14H19BrN2O2S. The van der Waals surface area contributed by atoms with E-state index in [1.165, 1.54) is 0 Å². The van der Waals surface area contributed by atoms with Crippen LogP contribution in [-0.2, 0) is 16.1 Å². The highest BCUT2D eigenvalue weighted by atomic mass is 79.9. The molecule has 6 heteroatoms. The van der Waals surface area contributed by atoms with E-state index in [1.54, 1.807) is 23.2 Å². The van der Waals surface area contributed by atoms with E-state index in [4.69, 9.17) is 0 Å². The topological polar surface area (TPSA) is 49.4 Å². The summed E-state index contributed by atoms with van der Waals surface area (Å²) in [5.41, 5.74) is 0. The number of nitrogens with one attached hydrogen (secondary N) is 1. The van der Waals surface area contributed by atoms with Crippen LogP contribution in [0.1, 0.15) is 32.1 Å². The summed E-state index contributed by atoms with van der Waals surface area (Å²) in [7, 11) is 0. The van der Waals surface area contributed by atoms with E-state index in [9.17, 15) is 9.59 Å². The quantitative estimate of drug-likeness (QED) is 0.899. The molecule has 1 saturated heterocycles. The van der Waals surface area contributed by atoms with Crippen LogP contribution in [0.25, 0.3) is 0 Å². The van der Waals surface area contributed by atoms with Gasteiger partial charge in [-0.05, 0) is 34.8 Å². The minimum absolute atomic E-state index is 0.000535. The predicted octanol–water partition coefficient (Wildman–Crippen LogP) is 2.77. The highest BCUT2D eigenvalue weighted by Gasteiger charge is 2.40. The number of carbonyl (C=O) groups is 2. The first-order valence-electron chi connectivity index (χ1n) is 6.77. The molecule has 0 radical (unpaired) electrons. The average molecular weight is 359 g/mol. The van der Waals surface area contributed by atoms with Crippen molar-refractivity contribution in [2.24, 2.45) is 5.92 Å². The third-order valence-corrected chi connectivity index (χ3v) is 5.43. The van der Waals surface area contributed by atoms with Crippen LogP contribution in [0.4, 0.5) is 0 Å². The Morgan fingerprint density at radius 2 is 2.20 bits per heavy atom. The first-order valence-corrected chi connectivity index (χ1v) is 8.45. The van der Waals surface area contributed by atoms with Gasteiger partial charge in [-0.15, -0.1) is 11.3 Å². The van der Waals surface area contributed by atoms with Crippen molar-refractivity contribution >= 4 is 39.1 Å². The summed E-state index contributed by atoms with van der Waals surface area (Å²) in [6.07, 6.45) is 0.865. The summed E-state index contributed by atoms with van der Waals surface area (Å²) in [5, 5.41) is 4.77. The van der Waals surface area contributed by atoms with Gasteiger partial charge in [-0.1, -0.05) is 20.3 Å². The van der Waals surface area contributed by atoms with Crippen molar-refractivity contribution < 1.29 is 9.59 Å². The number of nitrogens with zero attached hydrogens (tertiary/aromatic N) is 1. The molecule has 1 aromatic heterocycles. The van der Waals surface area contributed by atoms with Gasteiger partial charge in [0.25, 0.3) is 0 Å². The van der Waals surface area contributed by atoms with Crippen molar-refractivity contribution in [2.75, 3.05) is 0 Å². The maximum atomic E-state index is 12.4. The lowest BCUT2D eigenvalue weighted by Gasteiger charge is -2.40. The smallest absolute Gasteiger partial charge is 0.245 e. The number of halogens is 1. The summed E-state index contributed by atoms with van der Waals surface area (Å²) in [6.45, 7) is 6.30. The maximum absolute atomic E-state index is 12.4. The monoisotopic (exact) mass is 358 g/mol. The van der Waals surface area contributed by atoms with Crippen LogP contribution in [0, 0.1) is 5.92 Å². The Morgan fingerprint density at radius 3 is 2.75 bits per heavy atom. The predicted molar refractivity (Wildman–Crippen MR) is 83.4 cm³/mol. The lowest BCUT2D eigenvalue weighted by atomic mass is 9.93. The van der Waals surface area contributed by atoms with E-state index >= 15 is 0 Å². The minimum atomic E-state index is -0.439. The molecule has 4 nitrogen and oxygen atoms in total. The molecule has 2 heterocycles. The van der Waals surface area contributed by atoms with Crippen LogP contribution < -0.4 is 5.32 Å². The molecule has 20 heavy (non-hydrogen) atoms. The second kappa shape index (κ2) is 6.26. The first-order chi connectivity index (χ1) is 9.43. The van der Waals surface area contributed by atoms with Gasteiger partial charge in [0.05, 0.1) is 6.54 Å². The van der Waals surface area contributed by atoms with Crippen LogP contribution in [0.3, 0.4) is 0 Å². The summed E-state index contributed by atoms with van der Waals surface area (Å²) in [5.74, 6) is 0.108. The van der Waals surface area contributed by atoms with Crippen LogP contribution >= 0.6 is 27.3 Å². The molecule has 3 atom stereocenters. The standard InChI is InChI=1S/C14H19BrN2O2S/c1-4-8(2)12-13(18)16-9(3)14(19)17(12)6-11-5-10(15)7-20-11/h5,7-9,12H,4,6H2,1-3H3,(H,16,18). The molecule has 1 aliphatic rings. The number of amides is 2. The zero-order chi connectivity index (χ0) is 14.9. The second-order valence-corrected chi connectivity index (χ2v) is 7.17. The summed E-state index contributed by atoms with van der Waals surface area (Å²) < 4.78 is 1.01. The molecule has 2 rings (SSSR count). The van der Waals surface area contributed by atoms with E-state index in [0.29, 0.717) is 6.54 Å². The Hall–Kier alpha value is -0.880. The zero-order valence-electron chi connectivity index (χ0n) is 11.9. The van der Waals surface area contributed by atoms with Gasteiger partial charge in [-0.25, -0.2) is 0 Å². The van der Waals surface area contributed by atoms with Crippen molar-refractivity contribution in [2.45, 2.75) is 45.8 Å². The Balaban J connectivity index is 2.26. The lowest BCUT2D eigenvalue weighted by Crippen LogP contribution is -2.63. The summed E-state index contributed by atoms with van der Waals surface area (Å²) in [6, 6.07) is 1.19. The molecule has 2 amide bonds. The van der Waals surface area contributed by atoms with E-state index in [-0.39, 0.29) is 23.8 Å². The van der Waals surface area contributed by atoms with Crippen molar-refractivity contribution in [3.63, 3.8) is 0 Å². The summed E-state index contributed by atoms with van der Waals surface area (Å²) >= 11 is 5.02. The average Bonchev–Trinajstić information content (AvgIpc) is 2.80. The molecule has 3 unspecified atom stereocenters. The molecule has 1 aliphatic heterocycles. The number of thiophene rings is 1. The number of hydrogen-bond donors (Lipinski definition) is 1. The minimum Gasteiger partial charge on any atom is -0.343 e. The first kappa shape index (κ1) is 15.5. The van der Waals surface area contributed by atoms with Gasteiger partial charge in [0.15, 0.2) is 0 Å². The van der Waals surface area contributed by atoms with Crippen LogP contribution in [0.15, 0.2) is 15.9 Å². The third-order valence-electron chi connectivity index (χ3n) is 3.75. The van der Waals surface area contributed by atoms with Crippen molar-refractivity contribution in [1.29, 1.82) is 0 Å². The van der Waals surface area contributed by atoms with Crippen molar-refractivity contribution in [1.82, 2.24) is 10.2 Å². The number of hydrogen-bond acceptors (Lipinski definition) is 3. The second-order valence-electron chi connectivity index (χ2n) is 5.26. The SMILES string of the molecule is CCC(C)C1C(=O)NC(C)C(=O)N1Cc1cc(Br)cs1. The highest BCUT2D eigenvalue weighted by Crippen LogP contribution is 2.26. The van der Waals surface area contributed by atoms with Crippen LogP contribution in [0.5, 0.6) is 0 Å². The normalized spacial score (nSPS) is 24.7. The number of carbonyl (C=O) groups excluding carboxylic acids is 2. The maximum Gasteiger partial charge on any atom is 0.245 e. The molecule has 1 N–H and O–H groups in total. The van der Waals surface area contributed by atoms with E-state index in [2.05, 4.69) is 21.2 Å². The molecule has 0 bridgehead atoms. The fraction of sp³-hybridized carbons (Fsp3) is 0.571. The van der Waals surface area contributed by atoms with Gasteiger partial charge in [-0.3, -0.25) is 9.59 Å². The van der Waals surface area contributed by atoms with Crippen LogP contribution in [0.2, 0.25) is 0 Å². The Bertz CT molecular complexity index is 517. The lowest BCUT2D eigenvalue weighted by molar-refractivity contribution is -0.151. The Labute approximate surface area is 131 Å². The van der Waals surface area contributed by atoms with E-state index < -0.39 is 6.04 Å². The number of rotatable bonds is 4. The molecule has 1 aromatic rings. The molecule has 0 spiro atoms. The van der Waals surface area contributed by atoms with Crippen molar-refractivity contribution in [3.8, 4) is 0 Å². The van der Waals surface area contributed by atoms with Gasteiger partial charge in [0.2, 0.25) is 11.8 Å². The summed E-state index contributed by atoms with van der Waals surface area (Å²) in [4.78, 5) is 27.5. The Kier molecular flexibility index (Phi) is 4.86. The molecule has 1 fully saturated rings. The fourth-order valence-electron chi connectivity index (χ4n) is 2.46. The van der Waals surface area contributed by atoms with Gasteiger partial charge >= 0.3 is 0 Å². The molecule has 0 aliphatic carbocycles. The third kappa shape index (κ3) is 3.06. The molecule has 0 saturated carbocycles. The van der Waals surface area contributed by atoms with Crippen molar-refractivity contribution in [3.05, 3.63) is 20.8 Å². The zero-order valence-corrected chi connectivity index (χ0v) is 14.3. The van der Waals surface area contributed by atoms with Gasteiger partial charge in [-0.2, -0.15) is 0 Å². The molecule has 110 valence electrons. The molecular weight excluding hydrogens is 340 g/mol. The number of piperazine rings is 1. The van der Waals surface area contributed by atoms with Gasteiger partial charge in [0, 0.05) is 14.7 Å². The molecule has 0 aromatic carbocycles.